The molecule has 6 heteroatoms. The van der Waals surface area contributed by atoms with Gasteiger partial charge in [-0.1, -0.05) is 6.92 Å². The zero-order chi connectivity index (χ0) is 12.8. The first-order valence-electron chi connectivity index (χ1n) is 6.54. The maximum atomic E-state index is 4.48. The second-order valence-corrected chi connectivity index (χ2v) is 4.62. The van der Waals surface area contributed by atoms with Crippen LogP contribution in [0.1, 0.15) is 13.3 Å². The summed E-state index contributed by atoms with van der Waals surface area (Å²) < 4.78 is 0. The van der Waals surface area contributed by atoms with E-state index < -0.39 is 0 Å². The molecule has 18 heavy (non-hydrogen) atoms. The summed E-state index contributed by atoms with van der Waals surface area (Å²) in [5.74, 6) is 1.64. The normalized spacial score (nSPS) is 17.7. The van der Waals surface area contributed by atoms with Gasteiger partial charge in [-0.2, -0.15) is 0 Å². The highest BCUT2D eigenvalue weighted by atomic mass is 15.5. The molecule has 0 spiro atoms. The predicted molar refractivity (Wildman–Crippen MR) is 73.5 cm³/mol. The van der Waals surface area contributed by atoms with Gasteiger partial charge in [0.05, 0.1) is 12.4 Å². The molecule has 0 radical (unpaired) electrons. The molecule has 6 nitrogen and oxygen atoms in total. The highest BCUT2D eigenvalue weighted by Gasteiger charge is 2.13. The number of hydrogen-bond donors (Lipinski definition) is 2. The van der Waals surface area contributed by atoms with Gasteiger partial charge >= 0.3 is 0 Å². The lowest BCUT2D eigenvalue weighted by atomic mass is 10.4. The third-order valence-electron chi connectivity index (χ3n) is 2.97. The van der Waals surface area contributed by atoms with Crippen LogP contribution in [0.5, 0.6) is 0 Å². The molecule has 2 heterocycles. The molecule has 0 bridgehead atoms. The van der Waals surface area contributed by atoms with E-state index in [1.165, 1.54) is 0 Å². The lowest BCUT2D eigenvalue weighted by Gasteiger charge is -2.32. The Morgan fingerprint density at radius 1 is 1.17 bits per heavy atom. The number of likely N-dealkylation sites (N-methyl/N-ethyl adjacent to an activating group) is 1. The highest BCUT2D eigenvalue weighted by Crippen LogP contribution is 2.09. The molecule has 0 atom stereocenters. The van der Waals surface area contributed by atoms with Gasteiger partial charge in [-0.05, 0) is 13.5 Å². The summed E-state index contributed by atoms with van der Waals surface area (Å²) in [4.78, 5) is 11.0. The van der Waals surface area contributed by atoms with E-state index >= 15 is 0 Å². The standard InChI is InChI=1S/C12H22N6/c1-3-4-14-11-9-13-10-12(15-11)16-18-7-5-17(2)6-8-18/h9-10H,3-8H2,1-2H3,(H2,14,15,16). The quantitative estimate of drug-likeness (QED) is 0.809. The van der Waals surface area contributed by atoms with E-state index in [0.29, 0.717) is 0 Å². The number of nitrogens with zero attached hydrogens (tertiary/aromatic N) is 4. The molecule has 0 amide bonds. The van der Waals surface area contributed by atoms with Crippen LogP contribution in [0.25, 0.3) is 0 Å². The number of hydrogen-bond acceptors (Lipinski definition) is 6. The number of piperazine rings is 1. The van der Waals surface area contributed by atoms with Crippen LogP contribution in [0.2, 0.25) is 0 Å². The third-order valence-corrected chi connectivity index (χ3v) is 2.97. The van der Waals surface area contributed by atoms with Crippen LogP contribution in [-0.2, 0) is 0 Å². The van der Waals surface area contributed by atoms with Crippen LogP contribution in [0.3, 0.4) is 0 Å². The van der Waals surface area contributed by atoms with Gasteiger partial charge in [-0.25, -0.2) is 9.99 Å². The fourth-order valence-electron chi connectivity index (χ4n) is 1.84. The van der Waals surface area contributed by atoms with Gasteiger partial charge in [0, 0.05) is 32.7 Å². The van der Waals surface area contributed by atoms with Gasteiger partial charge in [0.15, 0.2) is 5.82 Å². The van der Waals surface area contributed by atoms with Gasteiger partial charge in [-0.3, -0.25) is 4.98 Å². The number of hydrazine groups is 1. The van der Waals surface area contributed by atoms with Crippen LogP contribution in [0, 0.1) is 0 Å². The Morgan fingerprint density at radius 3 is 2.61 bits per heavy atom. The van der Waals surface area contributed by atoms with E-state index in [1.807, 2.05) is 0 Å². The molecule has 1 aliphatic heterocycles. The number of nitrogens with one attached hydrogen (secondary N) is 2. The van der Waals surface area contributed by atoms with Gasteiger partial charge in [0.2, 0.25) is 0 Å². The minimum Gasteiger partial charge on any atom is -0.369 e. The summed E-state index contributed by atoms with van der Waals surface area (Å²) in [7, 11) is 2.15. The molecular weight excluding hydrogens is 228 g/mol. The molecule has 0 aliphatic carbocycles. The van der Waals surface area contributed by atoms with Crippen LogP contribution in [-0.4, -0.2) is 59.6 Å². The first kappa shape index (κ1) is 13.0. The molecule has 2 N–H and O–H groups in total. The van der Waals surface area contributed by atoms with Crippen LogP contribution in [0.15, 0.2) is 12.4 Å². The maximum Gasteiger partial charge on any atom is 0.161 e. The van der Waals surface area contributed by atoms with Crippen molar-refractivity contribution in [2.45, 2.75) is 13.3 Å². The van der Waals surface area contributed by atoms with E-state index in [9.17, 15) is 0 Å². The number of anilines is 2. The van der Waals surface area contributed by atoms with Gasteiger partial charge in [-0.15, -0.1) is 0 Å². The number of rotatable bonds is 5. The second kappa shape index (κ2) is 6.51. The van der Waals surface area contributed by atoms with Crippen LogP contribution >= 0.6 is 0 Å². The molecule has 1 fully saturated rings. The summed E-state index contributed by atoms with van der Waals surface area (Å²) in [6.07, 6.45) is 4.60. The van der Waals surface area contributed by atoms with Crippen molar-refractivity contribution in [3.05, 3.63) is 12.4 Å². The average molecular weight is 250 g/mol. The summed E-state index contributed by atoms with van der Waals surface area (Å²) in [5, 5.41) is 5.43. The molecule has 1 aromatic rings. The molecule has 1 aromatic heterocycles. The summed E-state index contributed by atoms with van der Waals surface area (Å²) >= 11 is 0. The molecular formula is C12H22N6. The van der Waals surface area contributed by atoms with Crippen molar-refractivity contribution in [2.24, 2.45) is 0 Å². The average Bonchev–Trinajstić information content (AvgIpc) is 2.40. The molecule has 0 aromatic carbocycles. The Labute approximate surface area is 108 Å². The van der Waals surface area contributed by atoms with Gasteiger partial charge < -0.3 is 15.6 Å². The van der Waals surface area contributed by atoms with Crippen molar-refractivity contribution in [1.82, 2.24) is 19.9 Å². The summed E-state index contributed by atoms with van der Waals surface area (Å²) in [6.45, 7) is 7.22. The zero-order valence-corrected chi connectivity index (χ0v) is 11.2. The number of aromatic nitrogens is 2. The van der Waals surface area contributed by atoms with Gasteiger partial charge in [0.25, 0.3) is 0 Å². The minimum atomic E-state index is 0.806. The zero-order valence-electron chi connectivity index (χ0n) is 11.2. The van der Waals surface area contributed by atoms with E-state index in [-0.39, 0.29) is 0 Å². The first-order valence-corrected chi connectivity index (χ1v) is 6.54. The summed E-state index contributed by atoms with van der Waals surface area (Å²) in [6, 6.07) is 0. The van der Waals surface area contributed by atoms with Gasteiger partial charge in [0.1, 0.15) is 5.82 Å². The van der Waals surface area contributed by atoms with Crippen molar-refractivity contribution >= 4 is 11.6 Å². The second-order valence-electron chi connectivity index (χ2n) is 4.62. The Hall–Kier alpha value is -1.40. The van der Waals surface area contributed by atoms with Crippen molar-refractivity contribution in [2.75, 3.05) is 50.5 Å². The fourth-order valence-corrected chi connectivity index (χ4v) is 1.84. The van der Waals surface area contributed by atoms with E-state index in [2.05, 4.69) is 44.6 Å². The van der Waals surface area contributed by atoms with E-state index in [4.69, 9.17) is 0 Å². The molecule has 1 aliphatic rings. The fraction of sp³-hybridized carbons (Fsp3) is 0.667. The van der Waals surface area contributed by atoms with Crippen molar-refractivity contribution < 1.29 is 0 Å². The van der Waals surface area contributed by atoms with Crippen molar-refractivity contribution in [3.63, 3.8) is 0 Å². The molecule has 1 saturated heterocycles. The smallest absolute Gasteiger partial charge is 0.161 e. The Kier molecular flexibility index (Phi) is 4.72. The SMILES string of the molecule is CCCNc1cncc(NN2CCN(C)CC2)n1. The summed E-state index contributed by atoms with van der Waals surface area (Å²) in [5.41, 5.74) is 3.31. The Balaban J connectivity index is 1.88. The van der Waals surface area contributed by atoms with E-state index in [1.54, 1.807) is 12.4 Å². The largest absolute Gasteiger partial charge is 0.369 e. The third kappa shape index (κ3) is 3.82. The topological polar surface area (TPSA) is 56.3 Å². The minimum absolute atomic E-state index is 0.806. The van der Waals surface area contributed by atoms with Crippen molar-refractivity contribution in [3.8, 4) is 0 Å². The lowest BCUT2D eigenvalue weighted by molar-refractivity contribution is 0.178. The first-order chi connectivity index (χ1) is 8.78. The Morgan fingerprint density at radius 2 is 1.89 bits per heavy atom. The molecule has 2 rings (SSSR count). The lowest BCUT2D eigenvalue weighted by Crippen LogP contribution is -2.47. The monoisotopic (exact) mass is 250 g/mol. The van der Waals surface area contributed by atoms with Crippen LogP contribution < -0.4 is 10.7 Å². The van der Waals surface area contributed by atoms with E-state index in [0.717, 1.165) is 50.8 Å². The van der Waals surface area contributed by atoms with Crippen LogP contribution in [0.4, 0.5) is 11.6 Å². The molecule has 0 saturated carbocycles. The highest BCUT2D eigenvalue weighted by molar-refractivity contribution is 5.40. The molecule has 100 valence electrons. The predicted octanol–water partition coefficient (Wildman–Crippen LogP) is 0.873. The van der Waals surface area contributed by atoms with Crippen molar-refractivity contribution in [1.29, 1.82) is 0 Å². The Bertz CT molecular complexity index is 361. The maximum absolute atomic E-state index is 4.48. The molecule has 0 unspecified atom stereocenters.